The molecule has 1 amide bonds. The van der Waals surface area contributed by atoms with Crippen molar-refractivity contribution >= 4 is 28.6 Å². The van der Waals surface area contributed by atoms with E-state index in [1.807, 2.05) is 65.8 Å². The Balaban J connectivity index is 1.09. The standard InChI is InChI=1S/C41H47N7O3/c1-25-27(3)46-36(29(5)44-25)23-50-38-18-16-31(22-39(38)51-24-37-30(6)45-26(2)28(4)47-37)17-19-40(49)42-20-11-21-43-41-32-12-7-9-14-34(32)48-35-15-10-8-13-33(35)41/h7,9,12,14,16-19,22H,8,10-11,13,15,20-21,23-24H2,1-6H3,(H,42,49)(H,43,48)/b19-17+. The zero-order chi connectivity index (χ0) is 35.9. The summed E-state index contributed by atoms with van der Waals surface area (Å²) in [5.74, 6) is 0.930. The lowest BCUT2D eigenvalue weighted by atomic mass is 9.92. The third-order valence-corrected chi connectivity index (χ3v) is 9.41. The Morgan fingerprint density at radius 1 is 0.725 bits per heavy atom. The van der Waals surface area contributed by atoms with Crippen LogP contribution in [0.3, 0.4) is 0 Å². The van der Waals surface area contributed by atoms with Crippen molar-refractivity contribution in [3.63, 3.8) is 0 Å². The molecule has 0 unspecified atom stereocenters. The first kappa shape index (κ1) is 35.4. The molecule has 5 aromatic rings. The number of carbonyl (C=O) groups is 1. The third kappa shape index (κ3) is 8.68. The molecule has 0 spiro atoms. The van der Waals surface area contributed by atoms with Crippen LogP contribution in [0.1, 0.15) is 81.6 Å². The number of hydrogen-bond acceptors (Lipinski definition) is 9. The molecular formula is C41H47N7O3. The molecule has 51 heavy (non-hydrogen) atoms. The number of pyridine rings is 1. The number of rotatable bonds is 13. The summed E-state index contributed by atoms with van der Waals surface area (Å²) < 4.78 is 12.5. The number of carbonyl (C=O) groups excluding carboxylic acids is 1. The number of aryl methyl sites for hydroxylation is 7. The largest absolute Gasteiger partial charge is 0.483 e. The van der Waals surface area contributed by atoms with E-state index in [2.05, 4.69) is 43.8 Å². The zero-order valence-electron chi connectivity index (χ0n) is 30.5. The van der Waals surface area contributed by atoms with Crippen molar-refractivity contribution in [1.29, 1.82) is 0 Å². The van der Waals surface area contributed by atoms with E-state index in [0.29, 0.717) is 18.0 Å². The molecule has 1 aliphatic rings. The molecular weight excluding hydrogens is 638 g/mol. The third-order valence-electron chi connectivity index (χ3n) is 9.41. The molecule has 6 rings (SSSR count). The first-order chi connectivity index (χ1) is 24.7. The maximum atomic E-state index is 12.8. The Hall–Kier alpha value is -5.38. The van der Waals surface area contributed by atoms with Gasteiger partial charge >= 0.3 is 0 Å². The summed E-state index contributed by atoms with van der Waals surface area (Å²) in [6.07, 6.45) is 8.58. The fourth-order valence-electron chi connectivity index (χ4n) is 6.27. The predicted molar refractivity (Wildman–Crippen MR) is 201 cm³/mol. The molecule has 10 heteroatoms. The van der Waals surface area contributed by atoms with Crippen LogP contribution >= 0.6 is 0 Å². The minimum Gasteiger partial charge on any atom is -0.483 e. The van der Waals surface area contributed by atoms with E-state index in [-0.39, 0.29) is 19.1 Å². The Labute approximate surface area is 300 Å². The van der Waals surface area contributed by atoms with E-state index in [1.54, 1.807) is 12.2 Å². The summed E-state index contributed by atoms with van der Waals surface area (Å²) in [7, 11) is 0. The maximum Gasteiger partial charge on any atom is 0.244 e. The first-order valence-corrected chi connectivity index (χ1v) is 17.8. The van der Waals surface area contributed by atoms with Gasteiger partial charge in [-0.05, 0) is 109 Å². The van der Waals surface area contributed by atoms with Gasteiger partial charge in [-0.2, -0.15) is 0 Å². The molecule has 10 nitrogen and oxygen atoms in total. The predicted octanol–water partition coefficient (Wildman–Crippen LogP) is 7.33. The van der Waals surface area contributed by atoms with Gasteiger partial charge in [0, 0.05) is 35.9 Å². The Bertz CT molecular complexity index is 2090. The van der Waals surface area contributed by atoms with Gasteiger partial charge in [-0.15, -0.1) is 0 Å². The fraction of sp³-hybridized carbons (Fsp3) is 0.366. The minimum absolute atomic E-state index is 0.158. The van der Waals surface area contributed by atoms with Crippen LogP contribution in [0, 0.1) is 41.5 Å². The highest BCUT2D eigenvalue weighted by Crippen LogP contribution is 2.33. The number of para-hydroxylation sites is 1. The van der Waals surface area contributed by atoms with E-state index in [0.717, 1.165) is 87.8 Å². The van der Waals surface area contributed by atoms with E-state index in [1.165, 1.54) is 29.8 Å². The summed E-state index contributed by atoms with van der Waals surface area (Å²) in [6, 6.07) is 13.9. The second-order valence-corrected chi connectivity index (χ2v) is 13.2. The average molecular weight is 686 g/mol. The molecule has 3 aromatic heterocycles. The van der Waals surface area contributed by atoms with Gasteiger partial charge in [0.25, 0.3) is 0 Å². The Morgan fingerprint density at radius 2 is 1.37 bits per heavy atom. The monoisotopic (exact) mass is 685 g/mol. The van der Waals surface area contributed by atoms with Gasteiger partial charge in [0.2, 0.25) is 5.91 Å². The van der Waals surface area contributed by atoms with Crippen LogP contribution in [0.25, 0.3) is 17.0 Å². The van der Waals surface area contributed by atoms with Gasteiger partial charge in [-0.1, -0.05) is 24.3 Å². The van der Waals surface area contributed by atoms with Crippen molar-refractivity contribution in [2.24, 2.45) is 0 Å². The lowest BCUT2D eigenvalue weighted by molar-refractivity contribution is -0.116. The van der Waals surface area contributed by atoms with Crippen molar-refractivity contribution in [2.75, 3.05) is 18.4 Å². The van der Waals surface area contributed by atoms with Gasteiger partial charge in [-0.25, -0.2) is 0 Å². The molecule has 1 aliphatic carbocycles. The van der Waals surface area contributed by atoms with Gasteiger partial charge in [0.15, 0.2) is 11.5 Å². The van der Waals surface area contributed by atoms with E-state index in [9.17, 15) is 4.79 Å². The van der Waals surface area contributed by atoms with Crippen LogP contribution in [0.4, 0.5) is 5.69 Å². The van der Waals surface area contributed by atoms with E-state index >= 15 is 0 Å². The molecule has 0 saturated carbocycles. The summed E-state index contributed by atoms with van der Waals surface area (Å²) >= 11 is 0. The highest BCUT2D eigenvalue weighted by atomic mass is 16.5. The topological polar surface area (TPSA) is 124 Å². The van der Waals surface area contributed by atoms with Crippen molar-refractivity contribution in [3.8, 4) is 11.5 Å². The van der Waals surface area contributed by atoms with Crippen LogP contribution in [-0.2, 0) is 30.8 Å². The van der Waals surface area contributed by atoms with Crippen LogP contribution in [0.2, 0.25) is 0 Å². The highest BCUT2D eigenvalue weighted by Gasteiger charge is 2.18. The summed E-state index contributed by atoms with van der Waals surface area (Å²) in [5.41, 5.74) is 12.3. The maximum absolute atomic E-state index is 12.8. The van der Waals surface area contributed by atoms with Gasteiger partial charge in [0.05, 0.1) is 51.1 Å². The molecule has 0 bridgehead atoms. The van der Waals surface area contributed by atoms with Gasteiger partial charge in [-0.3, -0.25) is 29.7 Å². The molecule has 0 fully saturated rings. The average Bonchev–Trinajstić information content (AvgIpc) is 3.12. The number of aromatic nitrogens is 5. The first-order valence-electron chi connectivity index (χ1n) is 17.8. The minimum atomic E-state index is -0.158. The number of nitrogens with zero attached hydrogens (tertiary/aromatic N) is 5. The number of hydrogen-bond donors (Lipinski definition) is 2. The normalized spacial score (nSPS) is 12.6. The highest BCUT2D eigenvalue weighted by molar-refractivity contribution is 5.94. The number of nitrogens with one attached hydrogen (secondary N) is 2. The lowest BCUT2D eigenvalue weighted by Crippen LogP contribution is -2.24. The SMILES string of the molecule is Cc1nc(C)c(COc2ccc(/C=C/C(=O)NCCCNc3c4c(nc5ccccc35)CCCC4)cc2OCc2nc(C)c(C)nc2C)nc1C. The number of amides is 1. The summed E-state index contributed by atoms with van der Waals surface area (Å²) in [5, 5.41) is 7.85. The van der Waals surface area contributed by atoms with Crippen LogP contribution < -0.4 is 20.1 Å². The Morgan fingerprint density at radius 3 is 2.10 bits per heavy atom. The van der Waals surface area contributed by atoms with Crippen LogP contribution in [0.15, 0.2) is 48.5 Å². The van der Waals surface area contributed by atoms with E-state index in [4.69, 9.17) is 19.4 Å². The number of anilines is 1. The van der Waals surface area contributed by atoms with Gasteiger partial charge < -0.3 is 20.1 Å². The van der Waals surface area contributed by atoms with Crippen molar-refractivity contribution < 1.29 is 14.3 Å². The summed E-state index contributed by atoms with van der Waals surface area (Å²) in [4.78, 5) is 36.3. The summed E-state index contributed by atoms with van der Waals surface area (Å²) in [6.45, 7) is 13.4. The molecule has 2 N–H and O–H groups in total. The number of fused-ring (bicyclic) bond motifs is 2. The van der Waals surface area contributed by atoms with E-state index < -0.39 is 0 Å². The molecule has 0 atom stereocenters. The molecule has 0 aliphatic heterocycles. The molecule has 0 saturated heterocycles. The molecule has 264 valence electrons. The Kier molecular flexibility index (Phi) is 11.2. The van der Waals surface area contributed by atoms with Crippen LogP contribution in [-0.4, -0.2) is 43.9 Å². The number of ether oxygens (including phenoxy) is 2. The van der Waals surface area contributed by atoms with Crippen molar-refractivity contribution in [2.45, 2.75) is 86.9 Å². The second kappa shape index (κ2) is 16.1. The molecule has 0 radical (unpaired) electrons. The van der Waals surface area contributed by atoms with Crippen molar-refractivity contribution in [1.82, 2.24) is 30.2 Å². The lowest BCUT2D eigenvalue weighted by Gasteiger charge is -2.21. The zero-order valence-corrected chi connectivity index (χ0v) is 30.5. The number of benzene rings is 2. The van der Waals surface area contributed by atoms with Crippen LogP contribution in [0.5, 0.6) is 11.5 Å². The van der Waals surface area contributed by atoms with Gasteiger partial charge in [0.1, 0.15) is 13.2 Å². The smallest absolute Gasteiger partial charge is 0.244 e. The second-order valence-electron chi connectivity index (χ2n) is 13.2. The molecule has 2 aromatic carbocycles. The quantitative estimate of drug-likeness (QED) is 0.0968. The molecule has 3 heterocycles. The van der Waals surface area contributed by atoms with Crippen molar-refractivity contribution in [3.05, 3.63) is 111 Å². The fourth-order valence-corrected chi connectivity index (χ4v) is 6.27.